The van der Waals surface area contributed by atoms with Gasteiger partial charge in [0.1, 0.15) is 5.75 Å². The fraction of sp³-hybridized carbons (Fsp3) is 0.0667. The lowest BCUT2D eigenvalue weighted by Gasteiger charge is -2.08. The second-order valence-corrected chi connectivity index (χ2v) is 6.61. The van der Waals surface area contributed by atoms with Crippen LogP contribution in [0.15, 0.2) is 47.6 Å². The van der Waals surface area contributed by atoms with Crippen molar-refractivity contribution in [1.29, 1.82) is 0 Å². The number of carbonyl (C=O) groups excluding carboxylic acids is 1. The van der Waals surface area contributed by atoms with Gasteiger partial charge in [-0.25, -0.2) is 10.2 Å². The minimum Gasteiger partial charge on any atom is -0.495 e. The number of anilines is 1. The van der Waals surface area contributed by atoms with Crippen molar-refractivity contribution in [2.24, 2.45) is 5.10 Å². The minimum atomic E-state index is -0.401. The van der Waals surface area contributed by atoms with Gasteiger partial charge in [0.15, 0.2) is 0 Å². The Balaban J connectivity index is 2.02. The zero-order valence-electron chi connectivity index (χ0n) is 11.6. The van der Waals surface area contributed by atoms with Gasteiger partial charge in [-0.05, 0) is 69.4 Å². The molecule has 2 aromatic rings. The zero-order chi connectivity index (χ0) is 15.9. The van der Waals surface area contributed by atoms with Gasteiger partial charge in [-0.1, -0.05) is 18.2 Å². The number of halogens is 2. The Morgan fingerprint density at radius 3 is 2.64 bits per heavy atom. The summed E-state index contributed by atoms with van der Waals surface area (Å²) >= 11 is 4.42. The van der Waals surface area contributed by atoms with E-state index in [4.69, 9.17) is 4.74 Å². The van der Waals surface area contributed by atoms with E-state index in [-0.39, 0.29) is 0 Å². The van der Waals surface area contributed by atoms with E-state index in [2.05, 4.69) is 61.0 Å². The number of hydrazone groups is 1. The van der Waals surface area contributed by atoms with Crippen molar-refractivity contribution in [1.82, 2.24) is 5.43 Å². The number of ether oxygens (including phenoxy) is 1. The number of amides is 2. The molecule has 114 valence electrons. The van der Waals surface area contributed by atoms with Crippen LogP contribution in [0, 0.1) is 7.14 Å². The van der Waals surface area contributed by atoms with E-state index in [9.17, 15) is 4.79 Å². The first kappa shape index (κ1) is 17.0. The number of rotatable bonds is 4. The molecule has 2 aromatic carbocycles. The molecule has 0 radical (unpaired) electrons. The smallest absolute Gasteiger partial charge is 0.339 e. The topological polar surface area (TPSA) is 62.7 Å². The third-order valence-corrected chi connectivity index (χ3v) is 4.07. The van der Waals surface area contributed by atoms with E-state index in [0.29, 0.717) is 5.69 Å². The van der Waals surface area contributed by atoms with E-state index in [1.807, 2.05) is 30.3 Å². The fourth-order valence-electron chi connectivity index (χ4n) is 1.73. The molecular formula is C15H13I2N3O2. The molecule has 0 aliphatic carbocycles. The normalized spacial score (nSPS) is 10.5. The molecule has 2 rings (SSSR count). The van der Waals surface area contributed by atoms with Crippen LogP contribution >= 0.6 is 45.2 Å². The van der Waals surface area contributed by atoms with Crippen LogP contribution in [0.2, 0.25) is 0 Å². The number of benzene rings is 2. The van der Waals surface area contributed by atoms with Crippen LogP contribution in [-0.2, 0) is 0 Å². The summed E-state index contributed by atoms with van der Waals surface area (Å²) in [6.07, 6.45) is 1.56. The van der Waals surface area contributed by atoms with E-state index in [0.717, 1.165) is 18.5 Å². The molecule has 0 unspecified atom stereocenters. The van der Waals surface area contributed by atoms with Crippen molar-refractivity contribution in [2.75, 3.05) is 12.4 Å². The third kappa shape index (κ3) is 4.83. The molecule has 0 aliphatic heterocycles. The molecule has 2 N–H and O–H groups in total. The van der Waals surface area contributed by atoms with E-state index in [1.54, 1.807) is 25.5 Å². The molecule has 0 heterocycles. The lowest BCUT2D eigenvalue weighted by molar-refractivity contribution is 0.252. The van der Waals surface area contributed by atoms with Crippen molar-refractivity contribution >= 4 is 63.1 Å². The summed E-state index contributed by atoms with van der Waals surface area (Å²) in [5.41, 5.74) is 3.94. The summed E-state index contributed by atoms with van der Waals surface area (Å²) < 4.78 is 7.41. The van der Waals surface area contributed by atoms with Crippen LogP contribution in [0.3, 0.4) is 0 Å². The van der Waals surface area contributed by atoms with Crippen LogP contribution in [0.5, 0.6) is 5.75 Å². The molecule has 0 fully saturated rings. The van der Waals surface area contributed by atoms with E-state index in [1.165, 1.54) is 0 Å². The predicted octanol–water partition coefficient (Wildman–Crippen LogP) is 4.06. The van der Waals surface area contributed by atoms with Gasteiger partial charge in [-0.2, -0.15) is 5.10 Å². The maximum Gasteiger partial charge on any atom is 0.339 e. The Hall–Kier alpha value is -1.36. The van der Waals surface area contributed by atoms with Gasteiger partial charge in [0, 0.05) is 14.8 Å². The molecule has 2 amide bonds. The largest absolute Gasteiger partial charge is 0.495 e. The van der Waals surface area contributed by atoms with E-state index >= 15 is 0 Å². The van der Waals surface area contributed by atoms with Crippen LogP contribution in [0.25, 0.3) is 0 Å². The Morgan fingerprint density at radius 2 is 1.95 bits per heavy atom. The van der Waals surface area contributed by atoms with Gasteiger partial charge >= 0.3 is 6.03 Å². The Kier molecular flexibility index (Phi) is 6.43. The number of hydrogen-bond donors (Lipinski definition) is 2. The number of nitrogens with one attached hydrogen (secondary N) is 2. The van der Waals surface area contributed by atoms with Gasteiger partial charge < -0.3 is 10.1 Å². The van der Waals surface area contributed by atoms with Crippen LogP contribution in [0.1, 0.15) is 5.56 Å². The van der Waals surface area contributed by atoms with Crippen LogP contribution < -0.4 is 15.5 Å². The standard InChI is InChI=1S/C15H13I2N3O2/c1-22-14-10(7-11(16)8-13(14)17)9-18-20-15(21)19-12-5-3-2-4-6-12/h2-9H,1H3,(H2,19,20,21)/b18-9+. The monoisotopic (exact) mass is 521 g/mol. The number of para-hydroxylation sites is 1. The van der Waals surface area contributed by atoms with E-state index < -0.39 is 6.03 Å². The van der Waals surface area contributed by atoms with Crippen molar-refractivity contribution in [3.63, 3.8) is 0 Å². The maximum atomic E-state index is 11.7. The highest BCUT2D eigenvalue weighted by Crippen LogP contribution is 2.26. The molecule has 7 heteroatoms. The molecule has 0 aliphatic rings. The second-order valence-electron chi connectivity index (χ2n) is 4.20. The summed E-state index contributed by atoms with van der Waals surface area (Å²) in [7, 11) is 1.61. The van der Waals surface area contributed by atoms with Crippen molar-refractivity contribution in [3.8, 4) is 5.75 Å². The summed E-state index contributed by atoms with van der Waals surface area (Å²) in [6, 6.07) is 12.7. The fourth-order valence-corrected chi connectivity index (χ4v) is 3.84. The van der Waals surface area contributed by atoms with Crippen molar-refractivity contribution in [2.45, 2.75) is 0 Å². The van der Waals surface area contributed by atoms with Crippen LogP contribution in [0.4, 0.5) is 10.5 Å². The van der Waals surface area contributed by atoms with Gasteiger partial charge in [-0.15, -0.1) is 0 Å². The number of hydrogen-bond acceptors (Lipinski definition) is 3. The number of urea groups is 1. The molecule has 0 bridgehead atoms. The minimum absolute atomic E-state index is 0.401. The first-order valence-electron chi connectivity index (χ1n) is 6.28. The Morgan fingerprint density at radius 1 is 1.23 bits per heavy atom. The maximum absolute atomic E-state index is 11.7. The average Bonchev–Trinajstić information content (AvgIpc) is 2.48. The molecule has 0 spiro atoms. The third-order valence-electron chi connectivity index (χ3n) is 2.64. The summed E-state index contributed by atoms with van der Waals surface area (Å²) in [5, 5.41) is 6.64. The Bertz CT molecular complexity index is 691. The molecule has 0 saturated heterocycles. The SMILES string of the molecule is COc1c(I)cc(I)cc1/C=N/NC(=O)Nc1ccccc1. The number of nitrogens with zero attached hydrogens (tertiary/aromatic N) is 1. The lowest BCUT2D eigenvalue weighted by Crippen LogP contribution is -2.24. The van der Waals surface area contributed by atoms with Crippen molar-refractivity contribution in [3.05, 3.63) is 55.2 Å². The Labute approximate surface area is 155 Å². The van der Waals surface area contributed by atoms with Gasteiger partial charge in [0.05, 0.1) is 16.9 Å². The molecule has 22 heavy (non-hydrogen) atoms. The van der Waals surface area contributed by atoms with Crippen molar-refractivity contribution < 1.29 is 9.53 Å². The molecule has 0 atom stereocenters. The molecule has 0 saturated carbocycles. The average molecular weight is 521 g/mol. The van der Waals surface area contributed by atoms with Crippen LogP contribution in [-0.4, -0.2) is 19.4 Å². The zero-order valence-corrected chi connectivity index (χ0v) is 16.0. The first-order valence-corrected chi connectivity index (χ1v) is 8.44. The number of carbonyl (C=O) groups is 1. The molecular weight excluding hydrogens is 508 g/mol. The second kappa shape index (κ2) is 8.32. The predicted molar refractivity (Wildman–Crippen MR) is 105 cm³/mol. The van der Waals surface area contributed by atoms with Gasteiger partial charge in [0.2, 0.25) is 0 Å². The van der Waals surface area contributed by atoms with Gasteiger partial charge in [-0.3, -0.25) is 0 Å². The highest BCUT2D eigenvalue weighted by molar-refractivity contribution is 14.1. The van der Waals surface area contributed by atoms with Gasteiger partial charge in [0.25, 0.3) is 0 Å². The first-order chi connectivity index (χ1) is 10.6. The highest BCUT2D eigenvalue weighted by atomic mass is 127. The number of methoxy groups -OCH3 is 1. The molecule has 5 nitrogen and oxygen atoms in total. The highest BCUT2D eigenvalue weighted by Gasteiger charge is 2.07. The summed E-state index contributed by atoms with van der Waals surface area (Å²) in [6.45, 7) is 0. The summed E-state index contributed by atoms with van der Waals surface area (Å²) in [4.78, 5) is 11.7. The molecule has 0 aromatic heterocycles. The summed E-state index contributed by atoms with van der Waals surface area (Å²) in [5.74, 6) is 0.732. The quantitative estimate of drug-likeness (QED) is 0.363. The lowest BCUT2D eigenvalue weighted by atomic mass is 10.2.